The highest BCUT2D eigenvalue weighted by molar-refractivity contribution is 6.33. The molecule has 4 bridgehead atoms. The van der Waals surface area contributed by atoms with Crippen molar-refractivity contribution in [3.8, 4) is 0 Å². The SMILES string of the molecule is O=C(O)CC12C[C@@H]3C[C@@H](C1)CC(n1ncc(Nc4ccc(C(=O)O)cc4)c(Cl)c1=O)(C3)C2. The highest BCUT2D eigenvalue weighted by Gasteiger charge is 2.59. The third kappa shape index (κ3) is 3.46. The van der Waals surface area contributed by atoms with Gasteiger partial charge in [-0.15, -0.1) is 0 Å². The van der Waals surface area contributed by atoms with E-state index in [1.807, 2.05) is 0 Å². The van der Waals surface area contributed by atoms with Gasteiger partial charge < -0.3 is 15.5 Å². The molecule has 8 nitrogen and oxygen atoms in total. The summed E-state index contributed by atoms with van der Waals surface area (Å²) in [6.45, 7) is 0. The molecule has 0 saturated heterocycles. The van der Waals surface area contributed by atoms with E-state index < -0.39 is 17.5 Å². The van der Waals surface area contributed by atoms with Crippen LogP contribution in [0, 0.1) is 17.3 Å². The third-order valence-electron chi connectivity index (χ3n) is 7.46. The van der Waals surface area contributed by atoms with E-state index in [4.69, 9.17) is 16.7 Å². The summed E-state index contributed by atoms with van der Waals surface area (Å²) in [5.41, 5.74) is -0.0422. The van der Waals surface area contributed by atoms with E-state index in [0.717, 1.165) is 32.1 Å². The van der Waals surface area contributed by atoms with Gasteiger partial charge in [0.15, 0.2) is 0 Å². The van der Waals surface area contributed by atoms with Gasteiger partial charge in [0.05, 0.1) is 29.4 Å². The number of anilines is 2. The number of nitrogens with zero attached hydrogens (tertiary/aromatic N) is 2. The summed E-state index contributed by atoms with van der Waals surface area (Å²) >= 11 is 6.47. The van der Waals surface area contributed by atoms with Crippen LogP contribution in [0.3, 0.4) is 0 Å². The van der Waals surface area contributed by atoms with Crippen molar-refractivity contribution in [1.82, 2.24) is 9.78 Å². The fourth-order valence-electron chi connectivity index (χ4n) is 6.89. The number of hydrogen-bond donors (Lipinski definition) is 3. The lowest BCUT2D eigenvalue weighted by Gasteiger charge is -2.61. The molecule has 2 aromatic rings. The van der Waals surface area contributed by atoms with Crippen LogP contribution in [0.4, 0.5) is 11.4 Å². The Morgan fingerprint density at radius 3 is 2.38 bits per heavy atom. The second-order valence-corrected chi connectivity index (χ2v) is 10.2. The lowest BCUT2D eigenvalue weighted by atomic mass is 9.46. The Morgan fingerprint density at radius 1 is 1.12 bits per heavy atom. The number of nitrogens with one attached hydrogen (secondary N) is 1. The van der Waals surface area contributed by atoms with Gasteiger partial charge in [-0.25, -0.2) is 9.48 Å². The average molecular weight is 458 g/mol. The van der Waals surface area contributed by atoms with Gasteiger partial charge in [0.25, 0.3) is 5.56 Å². The Balaban J connectivity index is 1.46. The third-order valence-corrected chi connectivity index (χ3v) is 7.82. The van der Waals surface area contributed by atoms with Gasteiger partial charge in [0.1, 0.15) is 5.02 Å². The number of carboxylic acid groups (broad SMARTS) is 2. The Labute approximate surface area is 189 Å². The number of benzene rings is 1. The molecule has 6 rings (SSSR count). The molecular formula is C23H24ClN3O5. The van der Waals surface area contributed by atoms with Crippen molar-refractivity contribution < 1.29 is 19.8 Å². The predicted octanol–water partition coefficient (Wildman–Crippen LogP) is 4.11. The van der Waals surface area contributed by atoms with Crippen molar-refractivity contribution >= 4 is 34.9 Å². The summed E-state index contributed by atoms with van der Waals surface area (Å²) in [5.74, 6) is -0.980. The number of carbonyl (C=O) groups is 2. The standard InChI is InChI=1S/C23H24ClN3O5/c24-19-17(26-16-3-1-15(2-4-16)21(31)32)11-25-27(20(19)30)23-8-13-5-14(9-23)7-22(6-13,12-23)10-18(28)29/h1-4,11,13-14,26H,5-10,12H2,(H,28,29)(H,31,32)/t13-,14-,22?,23?/m0/s1. The molecule has 4 aliphatic rings. The van der Waals surface area contributed by atoms with Crippen LogP contribution in [0.15, 0.2) is 35.3 Å². The molecule has 0 unspecified atom stereocenters. The summed E-state index contributed by atoms with van der Waals surface area (Å²) in [7, 11) is 0. The molecule has 0 spiro atoms. The van der Waals surface area contributed by atoms with Crippen LogP contribution in [0.25, 0.3) is 0 Å². The zero-order valence-electron chi connectivity index (χ0n) is 17.4. The lowest BCUT2D eigenvalue weighted by molar-refractivity contribution is -0.151. The molecule has 1 heterocycles. The van der Waals surface area contributed by atoms with Crippen LogP contribution < -0.4 is 10.9 Å². The first-order valence-electron chi connectivity index (χ1n) is 10.8. The minimum Gasteiger partial charge on any atom is -0.481 e. The monoisotopic (exact) mass is 457 g/mol. The van der Waals surface area contributed by atoms with Gasteiger partial charge in [-0.2, -0.15) is 5.10 Å². The molecule has 1 aromatic heterocycles. The topological polar surface area (TPSA) is 122 Å². The highest BCUT2D eigenvalue weighted by Crippen LogP contribution is 2.65. The molecule has 4 aliphatic carbocycles. The highest BCUT2D eigenvalue weighted by atomic mass is 35.5. The fourth-order valence-corrected chi connectivity index (χ4v) is 7.06. The maximum Gasteiger partial charge on any atom is 0.335 e. The number of aromatic carboxylic acids is 1. The Bertz CT molecular complexity index is 1150. The first kappa shape index (κ1) is 21.0. The minimum atomic E-state index is -1.02. The van der Waals surface area contributed by atoms with E-state index in [1.54, 1.807) is 12.1 Å². The maximum atomic E-state index is 13.3. The Kier molecular flexibility index (Phi) is 4.81. The van der Waals surface area contributed by atoms with E-state index >= 15 is 0 Å². The van der Waals surface area contributed by atoms with Crippen molar-refractivity contribution in [2.45, 2.75) is 50.5 Å². The number of aliphatic carboxylic acids is 1. The van der Waals surface area contributed by atoms with Gasteiger partial charge in [-0.3, -0.25) is 9.59 Å². The molecular weight excluding hydrogens is 434 g/mol. The molecule has 1 aromatic carbocycles. The van der Waals surface area contributed by atoms with E-state index in [9.17, 15) is 19.5 Å². The van der Waals surface area contributed by atoms with Crippen molar-refractivity contribution in [2.24, 2.45) is 17.3 Å². The van der Waals surface area contributed by atoms with Gasteiger partial charge in [-0.05, 0) is 80.0 Å². The smallest absolute Gasteiger partial charge is 0.335 e. The quantitative estimate of drug-likeness (QED) is 0.596. The molecule has 4 fully saturated rings. The summed E-state index contributed by atoms with van der Waals surface area (Å²) < 4.78 is 1.52. The molecule has 0 aliphatic heterocycles. The van der Waals surface area contributed by atoms with Crippen LogP contribution in [0.1, 0.15) is 55.3 Å². The van der Waals surface area contributed by atoms with E-state index in [-0.39, 0.29) is 28.0 Å². The maximum absolute atomic E-state index is 13.3. The zero-order valence-corrected chi connectivity index (χ0v) is 18.1. The Morgan fingerprint density at radius 2 is 1.78 bits per heavy atom. The van der Waals surface area contributed by atoms with Crippen molar-refractivity contribution in [3.05, 3.63) is 51.4 Å². The fraction of sp³-hybridized carbons (Fsp3) is 0.478. The van der Waals surface area contributed by atoms with Crippen LogP contribution in [-0.4, -0.2) is 31.9 Å². The molecule has 4 saturated carbocycles. The van der Waals surface area contributed by atoms with E-state index in [0.29, 0.717) is 29.6 Å². The minimum absolute atomic E-state index is 0.0188. The molecule has 0 radical (unpaired) electrons. The summed E-state index contributed by atoms with van der Waals surface area (Å²) in [4.78, 5) is 35.9. The van der Waals surface area contributed by atoms with Gasteiger partial charge in [0, 0.05) is 5.69 Å². The van der Waals surface area contributed by atoms with E-state index in [1.165, 1.54) is 23.0 Å². The summed E-state index contributed by atoms with van der Waals surface area (Å²) in [6.07, 6.45) is 6.88. The van der Waals surface area contributed by atoms with Gasteiger partial charge in [-0.1, -0.05) is 11.6 Å². The number of rotatable bonds is 6. The van der Waals surface area contributed by atoms with Gasteiger partial charge >= 0.3 is 11.9 Å². The molecule has 32 heavy (non-hydrogen) atoms. The number of hydrogen-bond acceptors (Lipinski definition) is 5. The zero-order chi connectivity index (χ0) is 22.7. The van der Waals surface area contributed by atoms with Crippen molar-refractivity contribution in [3.63, 3.8) is 0 Å². The molecule has 2 atom stereocenters. The average Bonchev–Trinajstić information content (AvgIpc) is 2.69. The second-order valence-electron chi connectivity index (χ2n) is 9.85. The second kappa shape index (κ2) is 7.33. The van der Waals surface area contributed by atoms with Crippen molar-refractivity contribution in [2.75, 3.05) is 5.32 Å². The van der Waals surface area contributed by atoms with Crippen LogP contribution in [-0.2, 0) is 10.3 Å². The van der Waals surface area contributed by atoms with E-state index in [2.05, 4.69) is 10.4 Å². The predicted molar refractivity (Wildman–Crippen MR) is 118 cm³/mol. The van der Waals surface area contributed by atoms with Crippen molar-refractivity contribution in [1.29, 1.82) is 0 Å². The summed E-state index contributed by atoms with van der Waals surface area (Å²) in [6, 6.07) is 6.12. The lowest BCUT2D eigenvalue weighted by Crippen LogP contribution is -2.59. The normalized spacial score (nSPS) is 30.3. The Hall–Kier alpha value is -2.87. The number of halogens is 1. The number of carboxylic acids is 2. The first-order chi connectivity index (χ1) is 15.2. The van der Waals surface area contributed by atoms with Crippen LogP contribution in [0.5, 0.6) is 0 Å². The molecule has 0 amide bonds. The molecule has 9 heteroatoms. The first-order valence-corrected chi connectivity index (χ1v) is 11.2. The number of aromatic nitrogens is 2. The van der Waals surface area contributed by atoms with Crippen LogP contribution >= 0.6 is 11.6 Å². The van der Waals surface area contributed by atoms with Crippen LogP contribution in [0.2, 0.25) is 5.02 Å². The molecule has 3 N–H and O–H groups in total. The summed E-state index contributed by atoms with van der Waals surface area (Å²) in [5, 5.41) is 26.1. The van der Waals surface area contributed by atoms with Gasteiger partial charge in [0.2, 0.25) is 0 Å². The molecule has 168 valence electrons. The largest absolute Gasteiger partial charge is 0.481 e.